The molecule has 0 aromatic rings. The zero-order chi connectivity index (χ0) is 16.4. The van der Waals surface area contributed by atoms with Crippen molar-refractivity contribution < 1.29 is 19.1 Å². The summed E-state index contributed by atoms with van der Waals surface area (Å²) in [7, 11) is 0. The van der Waals surface area contributed by atoms with Gasteiger partial charge in [-0.15, -0.1) is 0 Å². The van der Waals surface area contributed by atoms with Crippen molar-refractivity contribution in [3.8, 4) is 0 Å². The SMILES string of the molecule is CC(C)COC(=O)CCCCC(=O)OC(C(C)C)C(C)C. The Hall–Kier alpha value is -1.06. The van der Waals surface area contributed by atoms with Crippen molar-refractivity contribution in [2.75, 3.05) is 6.61 Å². The molecule has 0 rings (SSSR count). The Morgan fingerprint density at radius 2 is 1.29 bits per heavy atom. The molecule has 0 saturated heterocycles. The van der Waals surface area contributed by atoms with Crippen LogP contribution in [0.5, 0.6) is 0 Å². The average Bonchev–Trinajstić information content (AvgIpc) is 2.37. The molecule has 0 amide bonds. The van der Waals surface area contributed by atoms with Crippen LogP contribution in [0.2, 0.25) is 0 Å². The monoisotopic (exact) mass is 300 g/mol. The van der Waals surface area contributed by atoms with E-state index in [2.05, 4.69) is 27.7 Å². The Balaban J connectivity index is 3.82. The number of ether oxygens (including phenoxy) is 2. The minimum atomic E-state index is -0.181. The Bertz CT molecular complexity index is 300. The largest absolute Gasteiger partial charge is 0.465 e. The van der Waals surface area contributed by atoms with Crippen molar-refractivity contribution in [2.24, 2.45) is 17.8 Å². The molecule has 0 radical (unpaired) electrons. The number of hydrogen-bond donors (Lipinski definition) is 0. The summed E-state index contributed by atoms with van der Waals surface area (Å²) >= 11 is 0. The Labute approximate surface area is 129 Å². The summed E-state index contributed by atoms with van der Waals surface area (Å²) in [4.78, 5) is 23.2. The standard InChI is InChI=1S/C17H32O4/c1-12(2)11-20-15(18)9-7-8-10-16(19)21-17(13(3)4)14(5)6/h12-14,17H,7-11H2,1-6H3. The van der Waals surface area contributed by atoms with Crippen LogP contribution in [0.1, 0.15) is 67.2 Å². The number of hydrogen-bond acceptors (Lipinski definition) is 4. The quantitative estimate of drug-likeness (QED) is 0.452. The summed E-state index contributed by atoms with van der Waals surface area (Å²) in [6.45, 7) is 12.7. The lowest BCUT2D eigenvalue weighted by Crippen LogP contribution is -2.28. The first-order valence-electron chi connectivity index (χ1n) is 8.09. The Morgan fingerprint density at radius 1 is 0.810 bits per heavy atom. The van der Waals surface area contributed by atoms with Crippen molar-refractivity contribution >= 4 is 11.9 Å². The van der Waals surface area contributed by atoms with Crippen LogP contribution in [-0.2, 0) is 19.1 Å². The lowest BCUT2D eigenvalue weighted by molar-refractivity contribution is -0.154. The summed E-state index contributed by atoms with van der Waals surface area (Å²) in [6.07, 6.45) is 2.04. The highest BCUT2D eigenvalue weighted by atomic mass is 16.5. The highest BCUT2D eigenvalue weighted by molar-refractivity contribution is 5.70. The molecule has 0 aromatic heterocycles. The number of carbonyl (C=O) groups excluding carboxylic acids is 2. The van der Waals surface area contributed by atoms with E-state index in [0.717, 1.165) is 0 Å². The van der Waals surface area contributed by atoms with Crippen molar-refractivity contribution in [3.63, 3.8) is 0 Å². The summed E-state index contributed by atoms with van der Waals surface area (Å²) in [5.74, 6) is 0.644. The molecule has 0 aromatic carbocycles. The predicted octanol–water partition coefficient (Wildman–Crippen LogP) is 3.97. The number of esters is 2. The van der Waals surface area contributed by atoms with Crippen LogP contribution >= 0.6 is 0 Å². The van der Waals surface area contributed by atoms with Gasteiger partial charge in [0, 0.05) is 12.8 Å². The Morgan fingerprint density at radius 3 is 1.71 bits per heavy atom. The van der Waals surface area contributed by atoms with Gasteiger partial charge in [-0.3, -0.25) is 9.59 Å². The zero-order valence-corrected chi connectivity index (χ0v) is 14.5. The molecular weight excluding hydrogens is 268 g/mol. The van der Waals surface area contributed by atoms with Gasteiger partial charge in [0.05, 0.1) is 6.61 Å². The predicted molar refractivity (Wildman–Crippen MR) is 83.8 cm³/mol. The third-order valence-electron chi connectivity index (χ3n) is 3.17. The van der Waals surface area contributed by atoms with Crippen LogP contribution in [0.3, 0.4) is 0 Å². The fourth-order valence-corrected chi connectivity index (χ4v) is 2.12. The van der Waals surface area contributed by atoms with Gasteiger partial charge >= 0.3 is 11.9 Å². The summed E-state index contributed by atoms with van der Waals surface area (Å²) in [5.41, 5.74) is 0. The van der Waals surface area contributed by atoms with E-state index >= 15 is 0 Å². The highest BCUT2D eigenvalue weighted by Crippen LogP contribution is 2.17. The molecule has 0 aliphatic heterocycles. The molecule has 0 heterocycles. The first-order valence-corrected chi connectivity index (χ1v) is 8.09. The van der Waals surface area contributed by atoms with Crippen LogP contribution < -0.4 is 0 Å². The number of unbranched alkanes of at least 4 members (excludes halogenated alkanes) is 1. The second-order valence-corrected chi connectivity index (χ2v) is 6.73. The van der Waals surface area contributed by atoms with Crippen LogP contribution in [0.4, 0.5) is 0 Å². The molecule has 0 aliphatic carbocycles. The van der Waals surface area contributed by atoms with Crippen LogP contribution in [0.15, 0.2) is 0 Å². The summed E-state index contributed by atoms with van der Waals surface area (Å²) in [6, 6.07) is 0. The molecule has 0 N–H and O–H groups in total. The minimum absolute atomic E-state index is 0.0338. The third kappa shape index (κ3) is 10.3. The van der Waals surface area contributed by atoms with Crippen LogP contribution in [0, 0.1) is 17.8 Å². The molecule has 0 saturated carbocycles. The molecule has 124 valence electrons. The van der Waals surface area contributed by atoms with Gasteiger partial charge in [-0.25, -0.2) is 0 Å². The van der Waals surface area contributed by atoms with Gasteiger partial charge in [-0.1, -0.05) is 41.5 Å². The van der Waals surface area contributed by atoms with Gasteiger partial charge in [0.1, 0.15) is 6.10 Å². The first-order chi connectivity index (χ1) is 9.73. The first kappa shape index (κ1) is 19.9. The molecular formula is C17H32O4. The third-order valence-corrected chi connectivity index (χ3v) is 3.17. The Kier molecular flexibility index (Phi) is 10.1. The maximum Gasteiger partial charge on any atom is 0.306 e. The van der Waals surface area contributed by atoms with E-state index in [1.807, 2.05) is 13.8 Å². The van der Waals surface area contributed by atoms with E-state index in [-0.39, 0.29) is 18.0 Å². The number of rotatable bonds is 10. The maximum absolute atomic E-state index is 11.8. The molecule has 4 nitrogen and oxygen atoms in total. The van der Waals surface area contributed by atoms with E-state index < -0.39 is 0 Å². The molecule has 21 heavy (non-hydrogen) atoms. The second kappa shape index (κ2) is 10.6. The highest BCUT2D eigenvalue weighted by Gasteiger charge is 2.21. The lowest BCUT2D eigenvalue weighted by Gasteiger charge is -2.24. The summed E-state index contributed by atoms with van der Waals surface area (Å²) < 4.78 is 10.6. The van der Waals surface area contributed by atoms with Crippen LogP contribution in [-0.4, -0.2) is 24.6 Å². The smallest absolute Gasteiger partial charge is 0.306 e. The van der Waals surface area contributed by atoms with Gasteiger partial charge in [-0.2, -0.15) is 0 Å². The molecule has 0 aliphatic rings. The second-order valence-electron chi connectivity index (χ2n) is 6.73. The fraction of sp³-hybridized carbons (Fsp3) is 0.882. The van der Waals surface area contributed by atoms with Crippen molar-refractivity contribution in [1.82, 2.24) is 0 Å². The van der Waals surface area contributed by atoms with E-state index in [4.69, 9.17) is 9.47 Å². The average molecular weight is 300 g/mol. The van der Waals surface area contributed by atoms with E-state index in [9.17, 15) is 9.59 Å². The topological polar surface area (TPSA) is 52.6 Å². The van der Waals surface area contributed by atoms with Gasteiger partial charge in [0.15, 0.2) is 0 Å². The molecule has 0 bridgehead atoms. The van der Waals surface area contributed by atoms with Crippen molar-refractivity contribution in [2.45, 2.75) is 73.3 Å². The summed E-state index contributed by atoms with van der Waals surface area (Å²) in [5, 5.41) is 0. The van der Waals surface area contributed by atoms with E-state index in [1.54, 1.807) is 0 Å². The molecule has 0 atom stereocenters. The zero-order valence-electron chi connectivity index (χ0n) is 14.5. The van der Waals surface area contributed by atoms with Gasteiger partial charge < -0.3 is 9.47 Å². The maximum atomic E-state index is 11.8. The molecule has 0 spiro atoms. The van der Waals surface area contributed by atoms with E-state index in [1.165, 1.54) is 0 Å². The lowest BCUT2D eigenvalue weighted by atomic mass is 9.96. The minimum Gasteiger partial charge on any atom is -0.465 e. The van der Waals surface area contributed by atoms with Gasteiger partial charge in [0.25, 0.3) is 0 Å². The van der Waals surface area contributed by atoms with Crippen molar-refractivity contribution in [1.29, 1.82) is 0 Å². The normalized spacial score (nSPS) is 11.5. The number of carbonyl (C=O) groups is 2. The van der Waals surface area contributed by atoms with Crippen molar-refractivity contribution in [3.05, 3.63) is 0 Å². The molecule has 0 fully saturated rings. The molecule has 0 unspecified atom stereocenters. The van der Waals surface area contributed by atoms with E-state index in [0.29, 0.717) is 50.0 Å². The van der Waals surface area contributed by atoms with Gasteiger partial charge in [-0.05, 0) is 30.6 Å². The van der Waals surface area contributed by atoms with Gasteiger partial charge in [0.2, 0.25) is 0 Å². The van der Waals surface area contributed by atoms with Crippen LogP contribution in [0.25, 0.3) is 0 Å². The molecule has 4 heteroatoms. The fourth-order valence-electron chi connectivity index (χ4n) is 2.12.